The first-order valence-electron chi connectivity index (χ1n) is 7.26. The van der Waals surface area contributed by atoms with Gasteiger partial charge in [0.25, 0.3) is 0 Å². The summed E-state index contributed by atoms with van der Waals surface area (Å²) in [6, 6.07) is 11.0. The van der Waals surface area contributed by atoms with Crippen LogP contribution in [0.4, 0.5) is 17.3 Å². The van der Waals surface area contributed by atoms with Crippen molar-refractivity contribution in [1.82, 2.24) is 9.97 Å². The number of carbonyl (C=O) groups excluding carboxylic acids is 1. The van der Waals surface area contributed by atoms with Crippen LogP contribution in [0.25, 0.3) is 10.9 Å². The Bertz CT molecular complexity index is 946. The third kappa shape index (κ3) is 3.32. The quantitative estimate of drug-likeness (QED) is 0.496. The van der Waals surface area contributed by atoms with Gasteiger partial charge in [-0.2, -0.15) is 0 Å². The molecule has 24 heavy (non-hydrogen) atoms. The summed E-state index contributed by atoms with van der Waals surface area (Å²) in [6.45, 7) is 0.358. The van der Waals surface area contributed by atoms with Gasteiger partial charge in [-0.05, 0) is 42.0 Å². The minimum atomic E-state index is 0.358. The third-order valence-corrected chi connectivity index (χ3v) is 3.46. The van der Waals surface area contributed by atoms with Gasteiger partial charge in [0.2, 0.25) is 12.4 Å². The Labute approximate surface area is 139 Å². The lowest BCUT2D eigenvalue weighted by atomic mass is 10.1. The largest absolute Gasteiger partial charge is 0.329 e. The van der Waals surface area contributed by atoms with E-state index in [9.17, 15) is 4.79 Å². The number of carbonyl (C=O) groups is 1. The molecule has 1 amide bonds. The molecule has 2 aromatic carbocycles. The first-order chi connectivity index (χ1) is 11.7. The van der Waals surface area contributed by atoms with Gasteiger partial charge >= 0.3 is 0 Å². The molecule has 0 fully saturated rings. The number of anilines is 3. The predicted molar refractivity (Wildman–Crippen MR) is 94.8 cm³/mol. The van der Waals surface area contributed by atoms with Crippen LogP contribution in [0.3, 0.4) is 0 Å². The highest BCUT2D eigenvalue weighted by atomic mass is 16.1. The molecule has 4 N–H and O–H groups in total. The topological polar surface area (TPSA) is 92.9 Å². The number of benzene rings is 2. The predicted octanol–water partition coefficient (Wildman–Crippen LogP) is 2.38. The van der Waals surface area contributed by atoms with E-state index in [0.29, 0.717) is 24.6 Å². The van der Waals surface area contributed by atoms with Crippen molar-refractivity contribution in [3.05, 3.63) is 53.7 Å². The fourth-order valence-corrected chi connectivity index (χ4v) is 2.35. The van der Waals surface area contributed by atoms with Crippen molar-refractivity contribution in [3.63, 3.8) is 0 Å². The van der Waals surface area contributed by atoms with Gasteiger partial charge in [-0.25, -0.2) is 9.97 Å². The normalized spacial score (nSPS) is 10.2. The minimum Gasteiger partial charge on any atom is -0.329 e. The number of nitrogens with one attached hydrogen (secondary N) is 2. The van der Waals surface area contributed by atoms with E-state index in [1.807, 2.05) is 30.3 Å². The van der Waals surface area contributed by atoms with Crippen molar-refractivity contribution < 1.29 is 4.79 Å². The van der Waals surface area contributed by atoms with Gasteiger partial charge in [-0.1, -0.05) is 5.92 Å². The molecule has 0 aliphatic rings. The van der Waals surface area contributed by atoms with Crippen LogP contribution >= 0.6 is 0 Å². The fourth-order valence-electron chi connectivity index (χ4n) is 2.35. The van der Waals surface area contributed by atoms with Crippen LogP contribution in [0.15, 0.2) is 42.6 Å². The number of amides is 1. The molecule has 6 nitrogen and oxygen atoms in total. The van der Waals surface area contributed by atoms with Gasteiger partial charge in [0, 0.05) is 35.1 Å². The van der Waals surface area contributed by atoms with Crippen LogP contribution in [0.5, 0.6) is 0 Å². The lowest BCUT2D eigenvalue weighted by molar-refractivity contribution is -0.105. The summed E-state index contributed by atoms with van der Waals surface area (Å²) in [5.74, 6) is 3.03. The molecule has 0 atom stereocenters. The number of aromatic nitrogens is 2. The Morgan fingerprint density at radius 2 is 2.04 bits per heavy atom. The molecule has 3 aromatic rings. The van der Waals surface area contributed by atoms with Crippen LogP contribution in [0, 0.1) is 12.3 Å². The van der Waals surface area contributed by atoms with E-state index in [1.54, 1.807) is 12.3 Å². The third-order valence-electron chi connectivity index (χ3n) is 3.46. The standard InChI is InChI=1S/C18H15N5O/c1-2-12-3-4-17-14(5-12)10-20-18(23-17)22-16-7-13(9-19)6-15(8-16)21-11-24/h1,3-8,10-11H,9,19H2,(H,21,24)(H,20,22,23). The number of hydrogen-bond acceptors (Lipinski definition) is 5. The van der Waals surface area contributed by atoms with Crippen LogP contribution in [-0.4, -0.2) is 16.4 Å². The zero-order chi connectivity index (χ0) is 16.9. The van der Waals surface area contributed by atoms with Crippen molar-refractivity contribution in [1.29, 1.82) is 0 Å². The van der Waals surface area contributed by atoms with E-state index in [0.717, 1.165) is 27.7 Å². The maximum Gasteiger partial charge on any atom is 0.227 e. The number of terminal acetylenes is 1. The van der Waals surface area contributed by atoms with Gasteiger partial charge in [0.05, 0.1) is 5.52 Å². The van der Waals surface area contributed by atoms with Crippen molar-refractivity contribution in [2.45, 2.75) is 6.54 Å². The Balaban J connectivity index is 1.93. The number of rotatable bonds is 5. The molecule has 0 unspecified atom stereocenters. The fraction of sp³-hybridized carbons (Fsp3) is 0.0556. The summed E-state index contributed by atoms with van der Waals surface area (Å²) < 4.78 is 0. The number of fused-ring (bicyclic) bond motifs is 1. The molecule has 0 aliphatic heterocycles. The Hall–Kier alpha value is -3.43. The van der Waals surface area contributed by atoms with Crippen LogP contribution in [0.1, 0.15) is 11.1 Å². The smallest absolute Gasteiger partial charge is 0.227 e. The summed E-state index contributed by atoms with van der Waals surface area (Å²) >= 11 is 0. The molecular weight excluding hydrogens is 302 g/mol. The second-order valence-electron chi connectivity index (χ2n) is 5.12. The SMILES string of the molecule is C#Cc1ccc2nc(Nc3cc(CN)cc(NC=O)c3)ncc2c1. The number of nitrogens with zero attached hydrogens (tertiary/aromatic N) is 2. The van der Waals surface area contributed by atoms with Gasteiger partial charge in [0.1, 0.15) is 0 Å². The molecule has 0 spiro atoms. The van der Waals surface area contributed by atoms with Crippen LogP contribution < -0.4 is 16.4 Å². The molecule has 0 saturated heterocycles. The maximum atomic E-state index is 10.6. The Morgan fingerprint density at radius 1 is 1.21 bits per heavy atom. The van der Waals surface area contributed by atoms with E-state index in [1.165, 1.54) is 0 Å². The first kappa shape index (κ1) is 15.5. The highest BCUT2D eigenvalue weighted by molar-refractivity contribution is 5.81. The first-order valence-corrected chi connectivity index (χ1v) is 7.26. The van der Waals surface area contributed by atoms with Gasteiger partial charge in [-0.3, -0.25) is 4.79 Å². The van der Waals surface area contributed by atoms with E-state index in [4.69, 9.17) is 12.2 Å². The summed E-state index contributed by atoms with van der Waals surface area (Å²) in [6.07, 6.45) is 7.73. The monoisotopic (exact) mass is 317 g/mol. The van der Waals surface area contributed by atoms with Crippen molar-refractivity contribution in [3.8, 4) is 12.3 Å². The highest BCUT2D eigenvalue weighted by Crippen LogP contribution is 2.22. The average Bonchev–Trinajstić information content (AvgIpc) is 2.61. The maximum absolute atomic E-state index is 10.6. The Morgan fingerprint density at radius 3 is 2.79 bits per heavy atom. The lowest BCUT2D eigenvalue weighted by Gasteiger charge is -2.10. The second-order valence-corrected chi connectivity index (χ2v) is 5.12. The van der Waals surface area contributed by atoms with E-state index in [2.05, 4.69) is 26.5 Å². The zero-order valence-corrected chi connectivity index (χ0v) is 12.8. The average molecular weight is 317 g/mol. The number of nitrogens with two attached hydrogens (primary N) is 1. The Kier molecular flexibility index (Phi) is 4.36. The lowest BCUT2D eigenvalue weighted by Crippen LogP contribution is -2.03. The van der Waals surface area contributed by atoms with Gasteiger partial charge in [-0.15, -0.1) is 6.42 Å². The van der Waals surface area contributed by atoms with Crippen molar-refractivity contribution in [2.75, 3.05) is 10.6 Å². The van der Waals surface area contributed by atoms with E-state index in [-0.39, 0.29) is 0 Å². The van der Waals surface area contributed by atoms with Crippen LogP contribution in [0.2, 0.25) is 0 Å². The molecule has 6 heteroatoms. The zero-order valence-electron chi connectivity index (χ0n) is 12.8. The molecule has 0 aliphatic carbocycles. The molecule has 1 heterocycles. The van der Waals surface area contributed by atoms with Gasteiger partial charge < -0.3 is 16.4 Å². The summed E-state index contributed by atoms with van der Waals surface area (Å²) in [4.78, 5) is 19.4. The summed E-state index contributed by atoms with van der Waals surface area (Å²) in [5.41, 5.74) is 9.52. The van der Waals surface area contributed by atoms with Gasteiger partial charge in [0.15, 0.2) is 0 Å². The van der Waals surface area contributed by atoms with Crippen LogP contribution in [-0.2, 0) is 11.3 Å². The number of hydrogen-bond donors (Lipinski definition) is 3. The van der Waals surface area contributed by atoms with Crippen molar-refractivity contribution in [2.24, 2.45) is 5.73 Å². The molecular formula is C18H15N5O. The molecule has 0 bridgehead atoms. The molecule has 3 rings (SSSR count). The molecule has 0 radical (unpaired) electrons. The second kappa shape index (κ2) is 6.77. The minimum absolute atomic E-state index is 0.358. The van der Waals surface area contributed by atoms with E-state index < -0.39 is 0 Å². The summed E-state index contributed by atoms with van der Waals surface area (Å²) in [5, 5.41) is 6.61. The molecule has 1 aromatic heterocycles. The molecule has 0 saturated carbocycles. The van der Waals surface area contributed by atoms with E-state index >= 15 is 0 Å². The molecule has 118 valence electrons. The highest BCUT2D eigenvalue weighted by Gasteiger charge is 2.04. The summed E-state index contributed by atoms with van der Waals surface area (Å²) in [7, 11) is 0. The van der Waals surface area contributed by atoms with Crippen molar-refractivity contribution >= 4 is 34.6 Å².